The molecule has 9 heteroatoms. The molecule has 1 aromatic rings. The molecule has 1 saturated heterocycles. The monoisotopic (exact) mass is 290 g/mol. The number of H-pyrrole nitrogens is 1. The summed E-state index contributed by atoms with van der Waals surface area (Å²) >= 11 is 0. The molecule has 3 atom stereocenters. The molecule has 0 aliphatic carbocycles. The number of hydrogen-bond donors (Lipinski definition) is 1. The second-order valence-corrected chi connectivity index (χ2v) is 4.89. The number of alkyl halides is 1. The third-order valence-corrected chi connectivity index (χ3v) is 3.13. The fourth-order valence-corrected chi connectivity index (χ4v) is 2.32. The highest BCUT2D eigenvalue weighted by atomic mass is 31.1. The van der Waals surface area contributed by atoms with Crippen LogP contribution in [0.4, 0.5) is 4.39 Å². The number of nitrogens with zero attached hydrogens (tertiary/aromatic N) is 1. The molecule has 2 rings (SSSR count). The lowest BCUT2D eigenvalue weighted by Gasteiger charge is -2.22. The van der Waals surface area contributed by atoms with Crippen molar-refractivity contribution in [2.75, 3.05) is 6.61 Å². The lowest BCUT2D eigenvalue weighted by Crippen LogP contribution is -2.38. The van der Waals surface area contributed by atoms with Gasteiger partial charge >= 0.3 is 14.4 Å². The number of halogens is 1. The molecule has 0 spiro atoms. The van der Waals surface area contributed by atoms with Gasteiger partial charge in [0.05, 0.1) is 12.7 Å². The van der Waals surface area contributed by atoms with Gasteiger partial charge in [0.25, 0.3) is 5.56 Å². The first-order valence-electron chi connectivity index (χ1n) is 5.54. The normalized spacial score (nSPS) is 30.8. The standard InChI is InChI=1S/C10H12FN2O5P/c1-10(11)4-6(5-17-19-16)18-8(10)13-3-2-7(14)12-9(13)15/h2-3,6,8H,4-5H2,1H3,(H,12,14,15)/t6?,8?,10-/m1/s1. The van der Waals surface area contributed by atoms with Crippen LogP contribution in [0, 0.1) is 0 Å². The van der Waals surface area contributed by atoms with Crippen molar-refractivity contribution in [2.45, 2.75) is 31.3 Å². The van der Waals surface area contributed by atoms with Crippen LogP contribution in [0.2, 0.25) is 0 Å². The summed E-state index contributed by atoms with van der Waals surface area (Å²) in [6.45, 7) is 1.25. The van der Waals surface area contributed by atoms with Gasteiger partial charge in [-0.15, -0.1) is 0 Å². The predicted molar refractivity (Wildman–Crippen MR) is 62.9 cm³/mol. The van der Waals surface area contributed by atoms with Gasteiger partial charge in [-0.25, -0.2) is 13.8 Å². The maximum absolute atomic E-state index is 14.4. The van der Waals surface area contributed by atoms with Gasteiger partial charge in [-0.2, -0.15) is 0 Å². The summed E-state index contributed by atoms with van der Waals surface area (Å²) in [6.07, 6.45) is -0.591. The molecule has 7 nitrogen and oxygen atoms in total. The minimum Gasteiger partial charge on any atom is -0.349 e. The van der Waals surface area contributed by atoms with Crippen LogP contribution in [0.15, 0.2) is 21.9 Å². The van der Waals surface area contributed by atoms with Crippen molar-refractivity contribution >= 4 is 8.69 Å². The molecular weight excluding hydrogens is 278 g/mol. The van der Waals surface area contributed by atoms with Crippen molar-refractivity contribution in [1.29, 1.82) is 0 Å². The molecule has 0 aromatic carbocycles. The van der Waals surface area contributed by atoms with Crippen molar-refractivity contribution in [3.8, 4) is 0 Å². The molecule has 104 valence electrons. The molecule has 19 heavy (non-hydrogen) atoms. The van der Waals surface area contributed by atoms with E-state index >= 15 is 0 Å². The van der Waals surface area contributed by atoms with Crippen molar-refractivity contribution in [3.63, 3.8) is 0 Å². The summed E-state index contributed by atoms with van der Waals surface area (Å²) in [7, 11) is -0.513. The van der Waals surface area contributed by atoms with E-state index in [0.29, 0.717) is 0 Å². The predicted octanol–water partition coefficient (Wildman–Crippen LogP) is 0.776. The fraction of sp³-hybridized carbons (Fsp3) is 0.600. The second kappa shape index (κ2) is 5.32. The van der Waals surface area contributed by atoms with Crippen molar-refractivity contribution in [3.05, 3.63) is 33.1 Å². The Hall–Kier alpha value is -1.37. The van der Waals surface area contributed by atoms with Gasteiger partial charge in [-0.3, -0.25) is 18.9 Å². The zero-order valence-electron chi connectivity index (χ0n) is 10.0. The Labute approximate surface area is 108 Å². The molecule has 1 N–H and O–H groups in total. The van der Waals surface area contributed by atoms with E-state index in [1.807, 2.05) is 4.98 Å². The van der Waals surface area contributed by atoms with E-state index in [0.717, 1.165) is 10.6 Å². The Bertz CT molecular complexity index is 584. The first-order valence-corrected chi connectivity index (χ1v) is 6.27. The van der Waals surface area contributed by atoms with Crippen LogP contribution in [0.25, 0.3) is 0 Å². The van der Waals surface area contributed by atoms with Crippen molar-refractivity contribution < 1.29 is 18.2 Å². The van der Waals surface area contributed by atoms with E-state index in [1.165, 1.54) is 13.1 Å². The van der Waals surface area contributed by atoms with E-state index in [-0.39, 0.29) is 13.0 Å². The van der Waals surface area contributed by atoms with Gasteiger partial charge < -0.3 is 4.74 Å². The highest BCUT2D eigenvalue weighted by molar-refractivity contribution is 7.17. The third-order valence-electron chi connectivity index (χ3n) is 2.88. The first kappa shape index (κ1) is 14.0. The average Bonchev–Trinajstić information content (AvgIpc) is 2.62. The van der Waals surface area contributed by atoms with E-state index < -0.39 is 37.9 Å². The quantitative estimate of drug-likeness (QED) is 0.827. The zero-order chi connectivity index (χ0) is 14.0. The summed E-state index contributed by atoms with van der Waals surface area (Å²) in [5.74, 6) is 0. The number of aromatic nitrogens is 2. The van der Waals surface area contributed by atoms with Crippen LogP contribution in [-0.4, -0.2) is 27.9 Å². The SMILES string of the molecule is C[C@@]1(F)CC(COP=O)OC1n1ccc(=O)[nH]c1=O. The number of ether oxygens (including phenoxy) is 1. The Morgan fingerprint density at radius 1 is 1.68 bits per heavy atom. The molecule has 2 heterocycles. The molecule has 2 unspecified atom stereocenters. The zero-order valence-corrected chi connectivity index (χ0v) is 10.9. The highest BCUT2D eigenvalue weighted by Crippen LogP contribution is 2.40. The van der Waals surface area contributed by atoms with E-state index in [1.54, 1.807) is 0 Å². The molecule has 0 amide bonds. The minimum atomic E-state index is -1.80. The van der Waals surface area contributed by atoms with Crippen LogP contribution >= 0.6 is 8.69 Å². The molecule has 1 aromatic heterocycles. The molecule has 0 bridgehead atoms. The largest absolute Gasteiger partial charge is 0.349 e. The molecule has 0 radical (unpaired) electrons. The van der Waals surface area contributed by atoms with Crippen LogP contribution in [-0.2, 0) is 13.8 Å². The van der Waals surface area contributed by atoms with E-state index in [9.17, 15) is 18.5 Å². The summed E-state index contributed by atoms with van der Waals surface area (Å²) in [6, 6.07) is 1.11. The number of aromatic amines is 1. The number of hydrogen-bond acceptors (Lipinski definition) is 5. The topological polar surface area (TPSA) is 90.4 Å². The minimum absolute atomic E-state index is 0.00124. The molecule has 1 fully saturated rings. The Morgan fingerprint density at radius 3 is 3.05 bits per heavy atom. The Kier molecular flexibility index (Phi) is 3.93. The number of nitrogens with one attached hydrogen (secondary N) is 1. The third kappa shape index (κ3) is 2.97. The van der Waals surface area contributed by atoms with Gasteiger partial charge in [-0.05, 0) is 6.92 Å². The van der Waals surface area contributed by atoms with Gasteiger partial charge in [0.2, 0.25) is 0 Å². The van der Waals surface area contributed by atoms with E-state index in [2.05, 4.69) is 4.52 Å². The van der Waals surface area contributed by atoms with Gasteiger partial charge in [0, 0.05) is 18.7 Å². The van der Waals surface area contributed by atoms with Gasteiger partial charge in [0.15, 0.2) is 11.9 Å². The maximum Gasteiger partial charge on any atom is 0.330 e. The van der Waals surface area contributed by atoms with Crippen LogP contribution < -0.4 is 11.2 Å². The van der Waals surface area contributed by atoms with Crippen molar-refractivity contribution in [1.82, 2.24) is 9.55 Å². The summed E-state index contributed by atoms with van der Waals surface area (Å²) < 4.78 is 35.6. The average molecular weight is 290 g/mol. The first-order chi connectivity index (χ1) is 8.94. The summed E-state index contributed by atoms with van der Waals surface area (Å²) in [4.78, 5) is 24.6. The van der Waals surface area contributed by atoms with Crippen molar-refractivity contribution in [2.24, 2.45) is 0 Å². The molecular formula is C10H12FN2O5P. The molecule has 1 aliphatic rings. The molecule has 0 saturated carbocycles. The Morgan fingerprint density at radius 2 is 2.42 bits per heavy atom. The van der Waals surface area contributed by atoms with Crippen LogP contribution in [0.5, 0.6) is 0 Å². The lowest BCUT2D eigenvalue weighted by atomic mass is 10.0. The second-order valence-electron chi connectivity index (χ2n) is 4.48. The lowest BCUT2D eigenvalue weighted by molar-refractivity contribution is -0.0577. The van der Waals surface area contributed by atoms with Crippen LogP contribution in [0.1, 0.15) is 19.6 Å². The highest BCUT2D eigenvalue weighted by Gasteiger charge is 2.47. The van der Waals surface area contributed by atoms with Gasteiger partial charge in [0.1, 0.15) is 0 Å². The fourth-order valence-electron chi connectivity index (χ4n) is 2.10. The number of rotatable bonds is 4. The Balaban J connectivity index is 2.26. The van der Waals surface area contributed by atoms with E-state index in [4.69, 9.17) is 4.74 Å². The van der Waals surface area contributed by atoms with Crippen LogP contribution in [0.3, 0.4) is 0 Å². The maximum atomic E-state index is 14.4. The molecule has 1 aliphatic heterocycles. The van der Waals surface area contributed by atoms with Gasteiger partial charge in [-0.1, -0.05) is 0 Å². The summed E-state index contributed by atoms with van der Waals surface area (Å²) in [5, 5.41) is 0. The smallest absolute Gasteiger partial charge is 0.330 e. The summed E-state index contributed by atoms with van der Waals surface area (Å²) in [5.41, 5.74) is -3.11.